The maximum absolute atomic E-state index is 9.58. The number of rotatable bonds is 8. The predicted octanol–water partition coefficient (Wildman–Crippen LogP) is 3.06. The van der Waals surface area contributed by atoms with Gasteiger partial charge in [-0.15, -0.1) is 0 Å². The van der Waals surface area contributed by atoms with E-state index in [9.17, 15) is 10.2 Å². The Kier molecular flexibility index (Phi) is 6.58. The van der Waals surface area contributed by atoms with Crippen molar-refractivity contribution in [3.8, 4) is 11.5 Å². The summed E-state index contributed by atoms with van der Waals surface area (Å²) in [5.41, 5.74) is 1.41. The highest BCUT2D eigenvalue weighted by atomic mass is 16.5. The number of hydrogen-bond donors (Lipinski definition) is 2. The lowest BCUT2D eigenvalue weighted by Crippen LogP contribution is -2.40. The summed E-state index contributed by atoms with van der Waals surface area (Å²) in [5.74, 6) is 2.19. The van der Waals surface area contributed by atoms with Crippen molar-refractivity contribution in [2.75, 3.05) is 26.4 Å². The molecule has 5 heteroatoms. The Labute approximate surface area is 145 Å². The van der Waals surface area contributed by atoms with E-state index in [-0.39, 0.29) is 26.4 Å². The minimum Gasteiger partial charge on any atom is -0.487 e. The maximum atomic E-state index is 9.58. The Bertz CT molecular complexity index is 500. The molecule has 0 amide bonds. The molecule has 2 rings (SSSR count). The Hall–Kier alpha value is -1.20. The predicted molar refractivity (Wildman–Crippen MR) is 94.8 cm³/mol. The van der Waals surface area contributed by atoms with Crippen LogP contribution >= 0.6 is 0 Å². The van der Waals surface area contributed by atoms with Gasteiger partial charge in [0, 0.05) is 6.54 Å². The van der Waals surface area contributed by atoms with Gasteiger partial charge in [-0.2, -0.15) is 0 Å². The molecule has 0 aromatic carbocycles. The van der Waals surface area contributed by atoms with Crippen LogP contribution in [0.5, 0.6) is 11.5 Å². The molecule has 2 N–H and O–H groups in total. The van der Waals surface area contributed by atoms with E-state index in [0.717, 1.165) is 29.4 Å². The number of nitrogens with zero attached hydrogens (tertiary/aromatic N) is 1. The molecule has 138 valence electrons. The second kappa shape index (κ2) is 8.26. The maximum Gasteiger partial charge on any atom is 0.182 e. The molecule has 1 atom stereocenters. The van der Waals surface area contributed by atoms with Crippen molar-refractivity contribution < 1.29 is 19.7 Å². The van der Waals surface area contributed by atoms with Gasteiger partial charge in [0.1, 0.15) is 13.2 Å². The average Bonchev–Trinajstić information content (AvgIpc) is 2.76. The molecule has 1 aromatic rings. The molecule has 5 nitrogen and oxygen atoms in total. The van der Waals surface area contributed by atoms with Crippen molar-refractivity contribution in [3.63, 3.8) is 0 Å². The summed E-state index contributed by atoms with van der Waals surface area (Å²) < 4.78 is 14.2. The first-order valence-corrected chi connectivity index (χ1v) is 9.18. The van der Waals surface area contributed by atoms with Crippen molar-refractivity contribution in [2.24, 2.45) is 11.3 Å². The van der Waals surface area contributed by atoms with Gasteiger partial charge < -0.3 is 24.3 Å². The van der Waals surface area contributed by atoms with Crippen LogP contribution in [-0.4, -0.2) is 41.2 Å². The van der Waals surface area contributed by atoms with Gasteiger partial charge in [0.15, 0.2) is 11.5 Å². The number of aliphatic hydroxyl groups excluding tert-OH is 2. The Morgan fingerprint density at radius 2 is 1.58 bits per heavy atom. The minimum atomic E-state index is -0.733. The number of hydrogen-bond acceptors (Lipinski definition) is 4. The fourth-order valence-electron chi connectivity index (χ4n) is 3.34. The van der Waals surface area contributed by atoms with E-state index >= 15 is 0 Å². The quantitative estimate of drug-likeness (QED) is 0.764. The molecule has 0 aliphatic carbocycles. The van der Waals surface area contributed by atoms with Crippen LogP contribution in [0.25, 0.3) is 0 Å². The summed E-state index contributed by atoms with van der Waals surface area (Å²) in [6.07, 6.45) is 4.91. The summed E-state index contributed by atoms with van der Waals surface area (Å²) in [4.78, 5) is 0. The molecule has 0 saturated carbocycles. The molecule has 1 aliphatic rings. The second-order valence-corrected chi connectivity index (χ2v) is 7.25. The largest absolute Gasteiger partial charge is 0.487 e. The third-order valence-corrected chi connectivity index (χ3v) is 5.37. The Morgan fingerprint density at radius 3 is 2.00 bits per heavy atom. The fourth-order valence-corrected chi connectivity index (χ4v) is 3.34. The Morgan fingerprint density at radius 1 is 1.04 bits per heavy atom. The fraction of sp³-hybridized carbons (Fsp3) is 0.789. The smallest absolute Gasteiger partial charge is 0.182 e. The van der Waals surface area contributed by atoms with Crippen molar-refractivity contribution in [2.45, 2.75) is 59.9 Å². The van der Waals surface area contributed by atoms with Gasteiger partial charge in [-0.05, 0) is 26.2 Å². The monoisotopic (exact) mass is 339 g/mol. The highest BCUT2D eigenvalue weighted by Gasteiger charge is 2.36. The number of ether oxygens (including phenoxy) is 2. The highest BCUT2D eigenvalue weighted by Crippen LogP contribution is 2.41. The summed E-state index contributed by atoms with van der Waals surface area (Å²) in [7, 11) is 0. The molecule has 0 fully saturated rings. The third-order valence-electron chi connectivity index (χ3n) is 5.37. The third kappa shape index (κ3) is 3.72. The van der Waals surface area contributed by atoms with Gasteiger partial charge >= 0.3 is 0 Å². The number of fused-ring (bicyclic) bond motifs is 1. The van der Waals surface area contributed by atoms with Crippen LogP contribution in [0.1, 0.15) is 50.9 Å². The van der Waals surface area contributed by atoms with Gasteiger partial charge in [-0.3, -0.25) is 0 Å². The van der Waals surface area contributed by atoms with Crippen LogP contribution in [0.2, 0.25) is 0 Å². The lowest BCUT2D eigenvalue weighted by molar-refractivity contribution is -0.00765. The molecule has 1 aromatic heterocycles. The lowest BCUT2D eigenvalue weighted by Gasteiger charge is -2.26. The molecule has 0 bridgehead atoms. The van der Waals surface area contributed by atoms with E-state index in [2.05, 4.69) is 32.3 Å². The summed E-state index contributed by atoms with van der Waals surface area (Å²) >= 11 is 0. The molecule has 0 radical (unpaired) electrons. The molecule has 1 unspecified atom stereocenters. The zero-order chi connectivity index (χ0) is 17.7. The van der Waals surface area contributed by atoms with Crippen molar-refractivity contribution in [1.82, 2.24) is 4.57 Å². The van der Waals surface area contributed by atoms with Crippen molar-refractivity contribution in [1.29, 1.82) is 0 Å². The molecule has 0 saturated heterocycles. The van der Waals surface area contributed by atoms with Gasteiger partial charge in [0.2, 0.25) is 0 Å². The first-order chi connectivity index (χ1) is 11.5. The number of unbranched alkanes of at least 4 members (excludes halogenated alkanes) is 1. The second-order valence-electron chi connectivity index (χ2n) is 7.25. The summed E-state index contributed by atoms with van der Waals surface area (Å²) in [6.45, 7) is 9.83. The summed E-state index contributed by atoms with van der Waals surface area (Å²) in [6, 6.07) is 0. The molecular weight excluding hydrogens is 306 g/mol. The SMILES string of the molecule is CCCCC(CC)Cn1c(C)c2c(c1C)OCC(CO)(CO)CO2. The van der Waals surface area contributed by atoms with E-state index in [4.69, 9.17) is 9.47 Å². The van der Waals surface area contributed by atoms with Gasteiger partial charge in [-0.1, -0.05) is 33.1 Å². The zero-order valence-corrected chi connectivity index (χ0v) is 15.6. The van der Waals surface area contributed by atoms with Crippen LogP contribution in [0.4, 0.5) is 0 Å². The van der Waals surface area contributed by atoms with E-state index in [1.807, 2.05) is 0 Å². The molecule has 0 spiro atoms. The van der Waals surface area contributed by atoms with E-state index < -0.39 is 5.41 Å². The number of aromatic nitrogens is 1. The molecule has 1 aliphatic heterocycles. The van der Waals surface area contributed by atoms with Gasteiger partial charge in [-0.25, -0.2) is 0 Å². The van der Waals surface area contributed by atoms with Crippen LogP contribution < -0.4 is 9.47 Å². The first-order valence-electron chi connectivity index (χ1n) is 9.18. The van der Waals surface area contributed by atoms with Crippen LogP contribution in [0, 0.1) is 25.2 Å². The first kappa shape index (κ1) is 19.1. The van der Waals surface area contributed by atoms with Crippen LogP contribution in [-0.2, 0) is 6.54 Å². The topological polar surface area (TPSA) is 63.9 Å². The van der Waals surface area contributed by atoms with Crippen LogP contribution in [0.15, 0.2) is 0 Å². The highest BCUT2D eigenvalue weighted by molar-refractivity contribution is 5.50. The lowest BCUT2D eigenvalue weighted by atomic mass is 9.93. The Balaban J connectivity index is 2.22. The van der Waals surface area contributed by atoms with Crippen LogP contribution in [0.3, 0.4) is 0 Å². The van der Waals surface area contributed by atoms with Crippen molar-refractivity contribution >= 4 is 0 Å². The van der Waals surface area contributed by atoms with E-state index in [0.29, 0.717) is 5.92 Å². The zero-order valence-electron chi connectivity index (χ0n) is 15.6. The normalized spacial score (nSPS) is 17.6. The number of aliphatic hydroxyl groups is 2. The average molecular weight is 339 g/mol. The van der Waals surface area contributed by atoms with Gasteiger partial charge in [0.25, 0.3) is 0 Å². The van der Waals surface area contributed by atoms with E-state index in [1.54, 1.807) is 0 Å². The van der Waals surface area contributed by atoms with Crippen molar-refractivity contribution in [3.05, 3.63) is 11.4 Å². The van der Waals surface area contributed by atoms with E-state index in [1.165, 1.54) is 25.7 Å². The molecule has 2 heterocycles. The minimum absolute atomic E-state index is 0.152. The summed E-state index contributed by atoms with van der Waals surface area (Å²) in [5, 5.41) is 19.2. The molecular formula is C19H33NO4. The molecule has 24 heavy (non-hydrogen) atoms. The standard InChI is InChI=1S/C19H33NO4/c1-5-7-8-16(6-2)9-20-14(3)17-18(15(20)4)24-13-19(10-21,11-22)12-23-17/h16,21-22H,5-13H2,1-4H3. The van der Waals surface area contributed by atoms with Gasteiger partial charge in [0.05, 0.1) is 30.0 Å².